The van der Waals surface area contributed by atoms with Gasteiger partial charge in [-0.2, -0.15) is 5.10 Å². The van der Waals surface area contributed by atoms with Crippen molar-refractivity contribution in [1.29, 1.82) is 0 Å². The molecule has 0 spiro atoms. The van der Waals surface area contributed by atoms with Gasteiger partial charge in [-0.1, -0.05) is 24.3 Å². The van der Waals surface area contributed by atoms with Crippen LogP contribution in [0.25, 0.3) is 0 Å². The first-order valence-electron chi connectivity index (χ1n) is 7.22. The van der Waals surface area contributed by atoms with E-state index < -0.39 is 0 Å². The third-order valence-electron chi connectivity index (χ3n) is 2.91. The molecule has 23 heavy (non-hydrogen) atoms. The largest absolute Gasteiger partial charge is 0.488 e. The fourth-order valence-electron chi connectivity index (χ4n) is 1.87. The van der Waals surface area contributed by atoms with Crippen LogP contribution >= 0.6 is 12.2 Å². The molecule has 2 N–H and O–H groups in total. The molecule has 0 saturated heterocycles. The zero-order chi connectivity index (χ0) is 16.5. The summed E-state index contributed by atoms with van der Waals surface area (Å²) in [5, 5.41) is 7.47. The third-order valence-corrected chi connectivity index (χ3v) is 3.15. The SMILES string of the molecule is CCNC(=S)NN=Cc1ccccc1OCc1cccc(F)c1. The Bertz CT molecular complexity index is 691. The van der Waals surface area contributed by atoms with Crippen molar-refractivity contribution >= 4 is 23.5 Å². The van der Waals surface area contributed by atoms with E-state index in [-0.39, 0.29) is 12.4 Å². The molecule has 2 aromatic carbocycles. The lowest BCUT2D eigenvalue weighted by molar-refractivity contribution is 0.305. The van der Waals surface area contributed by atoms with Crippen molar-refractivity contribution in [2.45, 2.75) is 13.5 Å². The Morgan fingerprint density at radius 3 is 2.87 bits per heavy atom. The molecule has 4 nitrogen and oxygen atoms in total. The van der Waals surface area contributed by atoms with Crippen molar-refractivity contribution in [1.82, 2.24) is 10.7 Å². The summed E-state index contributed by atoms with van der Waals surface area (Å²) in [6.07, 6.45) is 1.63. The molecule has 0 heterocycles. The van der Waals surface area contributed by atoms with Gasteiger partial charge in [-0.05, 0) is 49.0 Å². The lowest BCUT2D eigenvalue weighted by atomic mass is 10.2. The van der Waals surface area contributed by atoms with Gasteiger partial charge >= 0.3 is 0 Å². The first kappa shape index (κ1) is 16.9. The van der Waals surface area contributed by atoms with Gasteiger partial charge in [0.15, 0.2) is 5.11 Å². The Labute approximate surface area is 140 Å². The minimum absolute atomic E-state index is 0.276. The molecule has 0 bridgehead atoms. The molecule has 120 valence electrons. The maximum Gasteiger partial charge on any atom is 0.186 e. The summed E-state index contributed by atoms with van der Waals surface area (Å²) in [6.45, 7) is 2.97. The summed E-state index contributed by atoms with van der Waals surface area (Å²) in [7, 11) is 0. The van der Waals surface area contributed by atoms with Crippen molar-refractivity contribution in [3.05, 3.63) is 65.5 Å². The summed E-state index contributed by atoms with van der Waals surface area (Å²) in [5.41, 5.74) is 4.29. The second-order valence-electron chi connectivity index (χ2n) is 4.69. The Morgan fingerprint density at radius 1 is 1.26 bits per heavy atom. The van der Waals surface area contributed by atoms with E-state index >= 15 is 0 Å². The predicted octanol–water partition coefficient (Wildman–Crippen LogP) is 3.22. The zero-order valence-electron chi connectivity index (χ0n) is 12.8. The standard InChI is InChI=1S/C17H18FN3OS/c1-2-19-17(23)21-20-11-14-7-3-4-9-16(14)22-12-13-6-5-8-15(18)10-13/h3-11H,2,12H2,1H3,(H2,19,21,23). The monoisotopic (exact) mass is 331 g/mol. The van der Waals surface area contributed by atoms with E-state index in [0.717, 1.165) is 17.7 Å². The summed E-state index contributed by atoms with van der Waals surface area (Å²) in [6, 6.07) is 13.8. The number of hydrogen-bond acceptors (Lipinski definition) is 3. The van der Waals surface area contributed by atoms with Gasteiger partial charge in [0, 0.05) is 12.1 Å². The minimum atomic E-state index is -0.276. The molecule has 6 heteroatoms. The van der Waals surface area contributed by atoms with Crippen LogP contribution in [0.15, 0.2) is 53.6 Å². The highest BCUT2D eigenvalue weighted by Gasteiger charge is 2.02. The van der Waals surface area contributed by atoms with Crippen LogP contribution < -0.4 is 15.5 Å². The Kier molecular flexibility index (Phi) is 6.50. The maximum atomic E-state index is 13.2. The fraction of sp³-hybridized carbons (Fsp3) is 0.176. The number of nitrogens with one attached hydrogen (secondary N) is 2. The zero-order valence-corrected chi connectivity index (χ0v) is 13.6. The van der Waals surface area contributed by atoms with Crippen molar-refractivity contribution < 1.29 is 9.13 Å². The van der Waals surface area contributed by atoms with E-state index in [1.54, 1.807) is 12.3 Å². The molecule has 0 fully saturated rings. The van der Waals surface area contributed by atoms with Crippen LogP contribution in [0, 0.1) is 5.82 Å². The first-order chi connectivity index (χ1) is 11.2. The number of nitrogens with zero attached hydrogens (tertiary/aromatic N) is 1. The first-order valence-corrected chi connectivity index (χ1v) is 7.63. The molecule has 0 aliphatic carbocycles. The number of rotatable bonds is 6. The second-order valence-corrected chi connectivity index (χ2v) is 5.09. The molecule has 0 aromatic heterocycles. The van der Waals surface area contributed by atoms with Gasteiger partial charge in [0.1, 0.15) is 18.2 Å². The molecule has 0 amide bonds. The highest BCUT2D eigenvalue weighted by molar-refractivity contribution is 7.80. The Morgan fingerprint density at radius 2 is 2.09 bits per heavy atom. The number of hydrogen-bond donors (Lipinski definition) is 2. The summed E-state index contributed by atoms with van der Waals surface area (Å²) in [5.74, 6) is 0.388. The van der Waals surface area contributed by atoms with Gasteiger partial charge in [0.05, 0.1) is 6.21 Å². The fourth-order valence-corrected chi connectivity index (χ4v) is 2.06. The van der Waals surface area contributed by atoms with E-state index in [1.165, 1.54) is 12.1 Å². The smallest absolute Gasteiger partial charge is 0.186 e. The van der Waals surface area contributed by atoms with E-state index in [9.17, 15) is 4.39 Å². The number of thiocarbonyl (C=S) groups is 1. The van der Waals surface area contributed by atoms with Crippen LogP contribution in [0.3, 0.4) is 0 Å². The van der Waals surface area contributed by atoms with Crippen LogP contribution in [0.4, 0.5) is 4.39 Å². The lowest BCUT2D eigenvalue weighted by Crippen LogP contribution is -2.31. The molecular formula is C17H18FN3OS. The molecule has 0 aliphatic rings. The highest BCUT2D eigenvalue weighted by atomic mass is 32.1. The van der Waals surface area contributed by atoms with Crippen LogP contribution in [0.2, 0.25) is 0 Å². The van der Waals surface area contributed by atoms with Crippen molar-refractivity contribution in [3.8, 4) is 5.75 Å². The molecule has 0 saturated carbocycles. The number of halogens is 1. The van der Waals surface area contributed by atoms with Crippen molar-refractivity contribution in [3.63, 3.8) is 0 Å². The molecule has 0 unspecified atom stereocenters. The second kappa shape index (κ2) is 8.85. The number of ether oxygens (including phenoxy) is 1. The van der Waals surface area contributed by atoms with Gasteiger partial charge in [0.2, 0.25) is 0 Å². The van der Waals surface area contributed by atoms with E-state index in [2.05, 4.69) is 15.8 Å². The molecular weight excluding hydrogens is 313 g/mol. The van der Waals surface area contributed by atoms with E-state index in [0.29, 0.717) is 10.9 Å². The quantitative estimate of drug-likeness (QED) is 0.485. The van der Waals surface area contributed by atoms with Gasteiger partial charge in [0.25, 0.3) is 0 Å². The number of para-hydroxylation sites is 1. The van der Waals surface area contributed by atoms with Crippen LogP contribution in [-0.2, 0) is 6.61 Å². The minimum Gasteiger partial charge on any atom is -0.488 e. The Hall–Kier alpha value is -2.47. The summed E-state index contributed by atoms with van der Waals surface area (Å²) < 4.78 is 18.9. The van der Waals surface area contributed by atoms with Gasteiger partial charge in [-0.3, -0.25) is 5.43 Å². The van der Waals surface area contributed by atoms with E-state index in [1.807, 2.05) is 37.3 Å². The summed E-state index contributed by atoms with van der Waals surface area (Å²) in [4.78, 5) is 0. The van der Waals surface area contributed by atoms with Gasteiger partial charge in [-0.15, -0.1) is 0 Å². The summed E-state index contributed by atoms with van der Waals surface area (Å²) >= 11 is 5.03. The predicted molar refractivity (Wildman–Crippen MR) is 94.2 cm³/mol. The van der Waals surface area contributed by atoms with Gasteiger partial charge in [-0.25, -0.2) is 4.39 Å². The van der Waals surface area contributed by atoms with E-state index in [4.69, 9.17) is 17.0 Å². The maximum absolute atomic E-state index is 13.2. The molecule has 2 rings (SSSR count). The van der Waals surface area contributed by atoms with Crippen LogP contribution in [0.1, 0.15) is 18.1 Å². The molecule has 0 aliphatic heterocycles. The van der Waals surface area contributed by atoms with Crippen molar-refractivity contribution in [2.24, 2.45) is 5.10 Å². The topological polar surface area (TPSA) is 45.7 Å². The third kappa shape index (κ3) is 5.67. The average molecular weight is 331 g/mol. The van der Waals surface area contributed by atoms with Crippen LogP contribution in [0.5, 0.6) is 5.75 Å². The van der Waals surface area contributed by atoms with Crippen LogP contribution in [-0.4, -0.2) is 17.9 Å². The highest BCUT2D eigenvalue weighted by Crippen LogP contribution is 2.17. The lowest BCUT2D eigenvalue weighted by Gasteiger charge is -2.09. The molecule has 2 aromatic rings. The number of hydrazone groups is 1. The molecule has 0 atom stereocenters. The normalized spacial score (nSPS) is 10.5. The Balaban J connectivity index is 1.99. The van der Waals surface area contributed by atoms with Gasteiger partial charge < -0.3 is 10.1 Å². The molecule has 0 radical (unpaired) electrons. The number of benzene rings is 2. The van der Waals surface area contributed by atoms with Crippen molar-refractivity contribution in [2.75, 3.05) is 6.54 Å². The average Bonchev–Trinajstić information content (AvgIpc) is 2.54.